The van der Waals surface area contributed by atoms with Crippen LogP contribution in [0.5, 0.6) is 11.6 Å². The average Bonchev–Trinajstić information content (AvgIpc) is 2.39. The number of hydrogen-bond donors (Lipinski definition) is 1. The molecule has 4 heteroatoms. The first-order chi connectivity index (χ1) is 9.58. The molecule has 3 nitrogen and oxygen atoms in total. The lowest BCUT2D eigenvalue weighted by Crippen LogP contribution is -2.12. The fraction of sp³-hybridized carbons (Fsp3) is 0.312. The second-order valence-electron chi connectivity index (χ2n) is 4.75. The van der Waals surface area contributed by atoms with Gasteiger partial charge in [0.1, 0.15) is 11.6 Å². The standard InChI is InChI=1S/C16H19FN2O/c1-4-18-10-13-8-12(3)19-16(9-13)20-15-6-5-14(17)7-11(15)2/h5-9,18H,4,10H2,1-3H3. The minimum Gasteiger partial charge on any atom is -0.439 e. The molecule has 0 spiro atoms. The van der Waals surface area contributed by atoms with Gasteiger partial charge in [-0.3, -0.25) is 0 Å². The molecule has 0 atom stereocenters. The summed E-state index contributed by atoms with van der Waals surface area (Å²) in [4.78, 5) is 4.36. The second kappa shape index (κ2) is 6.48. The highest BCUT2D eigenvalue weighted by molar-refractivity contribution is 5.36. The maximum absolute atomic E-state index is 13.1. The summed E-state index contributed by atoms with van der Waals surface area (Å²) in [6.45, 7) is 7.49. The van der Waals surface area contributed by atoms with Crippen molar-refractivity contribution in [1.29, 1.82) is 0 Å². The van der Waals surface area contributed by atoms with Gasteiger partial charge in [0.25, 0.3) is 0 Å². The average molecular weight is 274 g/mol. The van der Waals surface area contributed by atoms with Gasteiger partial charge in [0.15, 0.2) is 0 Å². The molecule has 0 fully saturated rings. The maximum atomic E-state index is 13.1. The van der Waals surface area contributed by atoms with Gasteiger partial charge in [-0.25, -0.2) is 9.37 Å². The summed E-state index contributed by atoms with van der Waals surface area (Å²) in [6.07, 6.45) is 0. The summed E-state index contributed by atoms with van der Waals surface area (Å²) in [5, 5.41) is 3.27. The molecule has 1 heterocycles. The van der Waals surface area contributed by atoms with Gasteiger partial charge in [0.05, 0.1) is 0 Å². The molecule has 0 saturated heterocycles. The van der Waals surface area contributed by atoms with E-state index in [-0.39, 0.29) is 5.82 Å². The van der Waals surface area contributed by atoms with Crippen molar-refractivity contribution < 1.29 is 9.13 Å². The fourth-order valence-corrected chi connectivity index (χ4v) is 1.97. The fourth-order valence-electron chi connectivity index (χ4n) is 1.97. The van der Waals surface area contributed by atoms with E-state index in [2.05, 4.69) is 17.2 Å². The van der Waals surface area contributed by atoms with Crippen LogP contribution in [0.25, 0.3) is 0 Å². The Kier molecular flexibility index (Phi) is 4.69. The highest BCUT2D eigenvalue weighted by Crippen LogP contribution is 2.25. The Labute approximate surface area is 118 Å². The molecule has 0 aliphatic heterocycles. The van der Waals surface area contributed by atoms with Crippen LogP contribution in [0.3, 0.4) is 0 Å². The van der Waals surface area contributed by atoms with E-state index in [9.17, 15) is 4.39 Å². The number of pyridine rings is 1. The Morgan fingerprint density at radius 3 is 2.70 bits per heavy atom. The quantitative estimate of drug-likeness (QED) is 0.902. The van der Waals surface area contributed by atoms with Crippen LogP contribution in [-0.4, -0.2) is 11.5 Å². The minimum absolute atomic E-state index is 0.264. The second-order valence-corrected chi connectivity index (χ2v) is 4.75. The largest absolute Gasteiger partial charge is 0.439 e. The summed E-state index contributed by atoms with van der Waals surface area (Å²) in [7, 11) is 0. The number of ether oxygens (including phenoxy) is 1. The van der Waals surface area contributed by atoms with Crippen LogP contribution in [0.1, 0.15) is 23.7 Å². The van der Waals surface area contributed by atoms with Crippen LogP contribution in [0, 0.1) is 19.7 Å². The molecule has 0 unspecified atom stereocenters. The number of benzene rings is 1. The molecule has 2 rings (SSSR count). The molecule has 106 valence electrons. The molecule has 0 aliphatic rings. The molecule has 2 aromatic rings. The third kappa shape index (κ3) is 3.78. The van der Waals surface area contributed by atoms with Crippen LogP contribution < -0.4 is 10.1 Å². The van der Waals surface area contributed by atoms with Gasteiger partial charge in [0, 0.05) is 18.3 Å². The SMILES string of the molecule is CCNCc1cc(C)nc(Oc2ccc(F)cc2C)c1. The predicted molar refractivity (Wildman–Crippen MR) is 77.6 cm³/mol. The van der Waals surface area contributed by atoms with Gasteiger partial charge < -0.3 is 10.1 Å². The first-order valence-corrected chi connectivity index (χ1v) is 6.70. The predicted octanol–water partition coefficient (Wildman–Crippen LogP) is 3.74. The van der Waals surface area contributed by atoms with Crippen molar-refractivity contribution in [2.45, 2.75) is 27.3 Å². The molecule has 0 aliphatic carbocycles. The molecule has 1 aromatic heterocycles. The monoisotopic (exact) mass is 274 g/mol. The Morgan fingerprint density at radius 2 is 2.00 bits per heavy atom. The third-order valence-corrected chi connectivity index (χ3v) is 2.92. The van der Waals surface area contributed by atoms with Crippen molar-refractivity contribution in [1.82, 2.24) is 10.3 Å². The van der Waals surface area contributed by atoms with Crippen molar-refractivity contribution in [3.63, 3.8) is 0 Å². The van der Waals surface area contributed by atoms with Crippen LogP contribution in [0.4, 0.5) is 4.39 Å². The van der Waals surface area contributed by atoms with E-state index in [4.69, 9.17) is 4.74 Å². The van der Waals surface area contributed by atoms with Gasteiger partial charge >= 0.3 is 0 Å². The summed E-state index contributed by atoms with van der Waals surface area (Å²) in [5.74, 6) is 0.895. The number of nitrogens with one attached hydrogen (secondary N) is 1. The highest BCUT2D eigenvalue weighted by Gasteiger charge is 2.06. The molecule has 1 N–H and O–H groups in total. The smallest absolute Gasteiger partial charge is 0.219 e. The zero-order valence-electron chi connectivity index (χ0n) is 12.0. The maximum Gasteiger partial charge on any atom is 0.219 e. The lowest BCUT2D eigenvalue weighted by molar-refractivity contribution is 0.455. The highest BCUT2D eigenvalue weighted by atomic mass is 19.1. The van der Waals surface area contributed by atoms with Crippen LogP contribution in [0.2, 0.25) is 0 Å². The van der Waals surface area contributed by atoms with E-state index in [0.717, 1.165) is 29.9 Å². The minimum atomic E-state index is -0.264. The van der Waals surface area contributed by atoms with Crippen molar-refractivity contribution in [2.75, 3.05) is 6.54 Å². The van der Waals surface area contributed by atoms with Crippen LogP contribution >= 0.6 is 0 Å². The lowest BCUT2D eigenvalue weighted by Gasteiger charge is -2.10. The van der Waals surface area contributed by atoms with Gasteiger partial charge in [-0.1, -0.05) is 6.92 Å². The number of aromatic nitrogens is 1. The molecular formula is C16H19FN2O. The van der Waals surface area contributed by atoms with Gasteiger partial charge in [-0.05, 0) is 55.8 Å². The Balaban J connectivity index is 2.21. The van der Waals surface area contributed by atoms with Crippen molar-refractivity contribution in [2.24, 2.45) is 0 Å². The topological polar surface area (TPSA) is 34.2 Å². The Morgan fingerprint density at radius 1 is 1.20 bits per heavy atom. The van der Waals surface area contributed by atoms with Crippen LogP contribution in [0.15, 0.2) is 30.3 Å². The normalized spacial score (nSPS) is 10.6. The van der Waals surface area contributed by atoms with E-state index in [0.29, 0.717) is 11.6 Å². The van der Waals surface area contributed by atoms with Gasteiger partial charge in [-0.15, -0.1) is 0 Å². The summed E-state index contributed by atoms with van der Waals surface area (Å²) < 4.78 is 18.8. The number of nitrogens with zero attached hydrogens (tertiary/aromatic N) is 1. The Bertz CT molecular complexity index is 599. The molecule has 0 saturated carbocycles. The number of halogens is 1. The molecule has 0 bridgehead atoms. The van der Waals surface area contributed by atoms with E-state index in [1.165, 1.54) is 12.1 Å². The van der Waals surface area contributed by atoms with Crippen LogP contribution in [-0.2, 0) is 6.54 Å². The first-order valence-electron chi connectivity index (χ1n) is 6.70. The van der Waals surface area contributed by atoms with Crippen molar-refractivity contribution >= 4 is 0 Å². The molecule has 20 heavy (non-hydrogen) atoms. The molecule has 1 aromatic carbocycles. The van der Waals surface area contributed by atoms with Gasteiger partial charge in [0.2, 0.25) is 5.88 Å². The zero-order chi connectivity index (χ0) is 14.5. The van der Waals surface area contributed by atoms with Crippen molar-refractivity contribution in [3.05, 3.63) is 53.0 Å². The van der Waals surface area contributed by atoms with Crippen molar-refractivity contribution in [3.8, 4) is 11.6 Å². The third-order valence-electron chi connectivity index (χ3n) is 2.92. The number of rotatable bonds is 5. The van der Waals surface area contributed by atoms with E-state index in [1.54, 1.807) is 6.07 Å². The first kappa shape index (κ1) is 14.5. The van der Waals surface area contributed by atoms with E-state index in [1.807, 2.05) is 26.0 Å². The zero-order valence-corrected chi connectivity index (χ0v) is 12.0. The molecular weight excluding hydrogens is 255 g/mol. The van der Waals surface area contributed by atoms with E-state index < -0.39 is 0 Å². The number of aryl methyl sites for hydroxylation is 2. The number of hydrogen-bond acceptors (Lipinski definition) is 3. The lowest BCUT2D eigenvalue weighted by atomic mass is 10.2. The molecule has 0 amide bonds. The van der Waals surface area contributed by atoms with E-state index >= 15 is 0 Å². The Hall–Kier alpha value is -1.94. The summed E-state index contributed by atoms with van der Waals surface area (Å²) in [6, 6.07) is 8.38. The summed E-state index contributed by atoms with van der Waals surface area (Å²) in [5.41, 5.74) is 2.77. The summed E-state index contributed by atoms with van der Waals surface area (Å²) >= 11 is 0. The molecule has 0 radical (unpaired) electrons. The van der Waals surface area contributed by atoms with Gasteiger partial charge in [-0.2, -0.15) is 0 Å².